The number of rotatable bonds is 5. The van der Waals surface area contributed by atoms with Gasteiger partial charge in [-0.25, -0.2) is 4.63 Å². The predicted molar refractivity (Wildman–Crippen MR) is 73.4 cm³/mol. The van der Waals surface area contributed by atoms with Gasteiger partial charge in [0.25, 0.3) is 5.91 Å². The van der Waals surface area contributed by atoms with Crippen LogP contribution in [0.25, 0.3) is 0 Å². The minimum atomic E-state index is -0.482. The highest BCUT2D eigenvalue weighted by atomic mass is 16.6. The number of benzene rings is 1. The number of aromatic nitrogens is 2. The molecule has 2 rings (SSSR count). The minimum absolute atomic E-state index is 0.0431. The Morgan fingerprint density at radius 3 is 2.90 bits per heavy atom. The highest BCUT2D eigenvalue weighted by Crippen LogP contribution is 2.19. The highest BCUT2D eigenvalue weighted by molar-refractivity contribution is 6.05. The number of hydrogen-bond acceptors (Lipinski definition) is 6. The highest BCUT2D eigenvalue weighted by Gasteiger charge is 2.16. The van der Waals surface area contributed by atoms with Crippen molar-refractivity contribution in [2.24, 2.45) is 5.92 Å². The Labute approximate surface area is 116 Å². The van der Waals surface area contributed by atoms with Crippen molar-refractivity contribution in [3.63, 3.8) is 0 Å². The first-order chi connectivity index (χ1) is 9.56. The molecule has 0 aliphatic rings. The summed E-state index contributed by atoms with van der Waals surface area (Å²) in [5.41, 5.74) is 5.99. The van der Waals surface area contributed by atoms with E-state index in [-0.39, 0.29) is 11.5 Å². The van der Waals surface area contributed by atoms with Crippen molar-refractivity contribution in [3.8, 4) is 5.75 Å². The minimum Gasteiger partial charge on any atom is -0.493 e. The molecule has 1 aromatic heterocycles. The maximum atomic E-state index is 11.9. The molecular weight excluding hydrogens is 260 g/mol. The van der Waals surface area contributed by atoms with Crippen molar-refractivity contribution in [1.82, 2.24) is 10.3 Å². The quantitative estimate of drug-likeness (QED) is 0.865. The van der Waals surface area contributed by atoms with Crippen LogP contribution in [0.5, 0.6) is 5.75 Å². The van der Waals surface area contributed by atoms with Crippen LogP contribution in [0.1, 0.15) is 24.3 Å². The second-order valence-corrected chi connectivity index (χ2v) is 4.68. The lowest BCUT2D eigenvalue weighted by molar-refractivity contribution is 0.101. The molecule has 0 bridgehead atoms. The van der Waals surface area contributed by atoms with Crippen molar-refractivity contribution in [2.75, 3.05) is 17.7 Å². The molecule has 0 radical (unpaired) electrons. The maximum absolute atomic E-state index is 11.9. The van der Waals surface area contributed by atoms with E-state index >= 15 is 0 Å². The van der Waals surface area contributed by atoms with Gasteiger partial charge in [-0.05, 0) is 28.4 Å². The Kier molecular flexibility index (Phi) is 4.19. The topological polar surface area (TPSA) is 103 Å². The third-order valence-corrected chi connectivity index (χ3v) is 2.40. The molecule has 0 atom stereocenters. The summed E-state index contributed by atoms with van der Waals surface area (Å²) < 4.78 is 9.96. The molecule has 0 spiro atoms. The van der Waals surface area contributed by atoms with Crippen LogP contribution in [0.2, 0.25) is 0 Å². The fraction of sp³-hybridized carbons (Fsp3) is 0.308. The molecular formula is C13H16N4O3. The molecule has 1 amide bonds. The van der Waals surface area contributed by atoms with Gasteiger partial charge in [-0.3, -0.25) is 4.79 Å². The van der Waals surface area contributed by atoms with E-state index in [1.807, 2.05) is 6.07 Å². The number of anilines is 2. The molecule has 20 heavy (non-hydrogen) atoms. The van der Waals surface area contributed by atoms with Crippen LogP contribution < -0.4 is 15.8 Å². The van der Waals surface area contributed by atoms with Crippen molar-refractivity contribution in [1.29, 1.82) is 0 Å². The molecule has 7 heteroatoms. The smallest absolute Gasteiger partial charge is 0.281 e. The lowest BCUT2D eigenvalue weighted by Gasteiger charge is -2.10. The Bertz CT molecular complexity index is 595. The molecule has 0 saturated heterocycles. The van der Waals surface area contributed by atoms with E-state index in [9.17, 15) is 4.79 Å². The molecule has 0 aliphatic carbocycles. The van der Waals surface area contributed by atoms with Crippen molar-refractivity contribution in [2.45, 2.75) is 13.8 Å². The van der Waals surface area contributed by atoms with Gasteiger partial charge in [0, 0.05) is 11.8 Å². The lowest BCUT2D eigenvalue weighted by atomic mass is 10.2. The van der Waals surface area contributed by atoms with Gasteiger partial charge in [0.15, 0.2) is 0 Å². The fourth-order valence-electron chi connectivity index (χ4n) is 1.47. The SMILES string of the molecule is CC(C)COc1cccc(NC(=O)c2nonc2N)c1. The second-order valence-electron chi connectivity index (χ2n) is 4.68. The fourth-order valence-corrected chi connectivity index (χ4v) is 1.47. The number of nitrogens with one attached hydrogen (secondary N) is 1. The zero-order chi connectivity index (χ0) is 14.5. The first kappa shape index (κ1) is 13.9. The summed E-state index contributed by atoms with van der Waals surface area (Å²) in [7, 11) is 0. The maximum Gasteiger partial charge on any atom is 0.281 e. The van der Waals surface area contributed by atoms with Crippen LogP contribution in [0.4, 0.5) is 11.5 Å². The number of hydrogen-bond donors (Lipinski definition) is 2. The summed E-state index contributed by atoms with van der Waals surface area (Å²) >= 11 is 0. The van der Waals surface area contributed by atoms with E-state index in [4.69, 9.17) is 10.5 Å². The predicted octanol–water partition coefficient (Wildman–Crippen LogP) is 1.94. The summed E-state index contributed by atoms with van der Waals surface area (Å²) in [4.78, 5) is 11.9. The number of ether oxygens (including phenoxy) is 1. The molecule has 2 aromatic rings. The zero-order valence-corrected chi connectivity index (χ0v) is 11.3. The van der Waals surface area contributed by atoms with Gasteiger partial charge in [0.05, 0.1) is 6.61 Å². The average molecular weight is 276 g/mol. The van der Waals surface area contributed by atoms with Crippen molar-refractivity contribution < 1.29 is 14.2 Å². The van der Waals surface area contributed by atoms with Gasteiger partial charge < -0.3 is 15.8 Å². The van der Waals surface area contributed by atoms with Crippen LogP contribution in [0.3, 0.4) is 0 Å². The number of amides is 1. The summed E-state index contributed by atoms with van der Waals surface area (Å²) in [5, 5.41) is 9.44. The molecule has 1 aromatic carbocycles. The first-order valence-electron chi connectivity index (χ1n) is 6.18. The second kappa shape index (κ2) is 6.05. The number of nitrogen functional groups attached to an aromatic ring is 1. The first-order valence-corrected chi connectivity index (χ1v) is 6.18. The normalized spacial score (nSPS) is 10.6. The molecule has 0 saturated carbocycles. The van der Waals surface area contributed by atoms with Crippen LogP contribution in [-0.2, 0) is 0 Å². The van der Waals surface area contributed by atoms with E-state index in [1.54, 1.807) is 18.2 Å². The number of nitrogens with zero attached hydrogens (tertiary/aromatic N) is 2. The van der Waals surface area contributed by atoms with Crippen molar-refractivity contribution >= 4 is 17.4 Å². The van der Waals surface area contributed by atoms with Crippen molar-refractivity contribution in [3.05, 3.63) is 30.0 Å². The molecule has 0 unspecified atom stereocenters. The van der Waals surface area contributed by atoms with Gasteiger partial charge in [-0.2, -0.15) is 0 Å². The van der Waals surface area contributed by atoms with Gasteiger partial charge in [-0.15, -0.1) is 0 Å². The van der Waals surface area contributed by atoms with E-state index < -0.39 is 5.91 Å². The molecule has 1 heterocycles. The molecule has 7 nitrogen and oxygen atoms in total. The third-order valence-electron chi connectivity index (χ3n) is 2.40. The molecule has 0 aliphatic heterocycles. The van der Waals surface area contributed by atoms with E-state index in [0.29, 0.717) is 24.0 Å². The largest absolute Gasteiger partial charge is 0.493 e. The summed E-state index contributed by atoms with van der Waals surface area (Å²) in [6.45, 7) is 4.73. The summed E-state index contributed by atoms with van der Waals surface area (Å²) in [6, 6.07) is 7.08. The van der Waals surface area contributed by atoms with Gasteiger partial charge in [0.2, 0.25) is 11.5 Å². The number of carbonyl (C=O) groups excluding carboxylic acids is 1. The monoisotopic (exact) mass is 276 g/mol. The van der Waals surface area contributed by atoms with E-state index in [0.717, 1.165) is 0 Å². The van der Waals surface area contributed by atoms with E-state index in [1.165, 1.54) is 0 Å². The third kappa shape index (κ3) is 3.47. The van der Waals surface area contributed by atoms with Crippen LogP contribution in [0, 0.1) is 5.92 Å². The molecule has 0 fully saturated rings. The average Bonchev–Trinajstić information content (AvgIpc) is 2.83. The van der Waals surface area contributed by atoms with Crippen LogP contribution in [-0.4, -0.2) is 22.8 Å². The Morgan fingerprint density at radius 1 is 1.45 bits per heavy atom. The van der Waals surface area contributed by atoms with Gasteiger partial charge >= 0.3 is 0 Å². The van der Waals surface area contributed by atoms with Crippen LogP contribution >= 0.6 is 0 Å². The summed E-state index contributed by atoms with van der Waals surface area (Å²) in [5.74, 6) is 0.580. The standard InChI is InChI=1S/C13H16N4O3/c1-8(2)7-19-10-5-3-4-9(6-10)15-13(18)11-12(14)17-20-16-11/h3-6,8H,7H2,1-2H3,(H2,14,17)(H,15,18). The molecule has 3 N–H and O–H groups in total. The molecule has 106 valence electrons. The van der Waals surface area contributed by atoms with Crippen LogP contribution in [0.15, 0.2) is 28.9 Å². The Balaban J connectivity index is 2.04. The van der Waals surface area contributed by atoms with Gasteiger partial charge in [0.1, 0.15) is 5.75 Å². The Hall–Kier alpha value is -2.57. The number of nitrogens with two attached hydrogens (primary N) is 1. The zero-order valence-electron chi connectivity index (χ0n) is 11.3. The number of carbonyl (C=O) groups is 1. The van der Waals surface area contributed by atoms with E-state index in [2.05, 4.69) is 34.1 Å². The lowest BCUT2D eigenvalue weighted by Crippen LogP contribution is -2.14. The van der Waals surface area contributed by atoms with Gasteiger partial charge in [-0.1, -0.05) is 19.9 Å². The summed E-state index contributed by atoms with van der Waals surface area (Å²) in [6.07, 6.45) is 0. The Morgan fingerprint density at radius 2 is 2.25 bits per heavy atom.